The molecule has 0 aromatic rings. The van der Waals surface area contributed by atoms with E-state index in [2.05, 4.69) is 25.2 Å². The number of hydrogen-bond donors (Lipinski definition) is 0. The average Bonchev–Trinajstić information content (AvgIpc) is 2.57. The second-order valence-electron chi connectivity index (χ2n) is 5.35. The molecule has 0 aromatic carbocycles. The molecule has 0 heterocycles. The molecule has 0 aliphatic rings. The van der Waals surface area contributed by atoms with E-state index in [1.54, 1.807) is 18.4 Å². The fourth-order valence-electron chi connectivity index (χ4n) is 2.00. The monoisotopic (exact) mass is 311 g/mol. The number of rotatable bonds is 14. The number of carbonyl (C=O) groups excluding carboxylic acids is 1. The van der Waals surface area contributed by atoms with Crippen LogP contribution >= 0.6 is 0 Å². The van der Waals surface area contributed by atoms with E-state index in [1.807, 2.05) is 36.5 Å². The maximum atomic E-state index is 9.90. The Bertz CT molecular complexity index is 419. The molecule has 125 valence electrons. The van der Waals surface area contributed by atoms with Crippen LogP contribution in [0.25, 0.3) is 0 Å². The minimum atomic E-state index is 1.18. The average molecular weight is 311 g/mol. The summed E-state index contributed by atoms with van der Waals surface area (Å²) in [5, 5.41) is 0. The summed E-state index contributed by atoms with van der Waals surface area (Å²) < 4.78 is 0. The molecule has 0 aromatic heterocycles. The molecule has 0 unspecified atom stereocenters. The fraction of sp³-hybridized carbons (Fsp3) is 0.409. The molecule has 1 nitrogen and oxygen atoms in total. The Labute approximate surface area is 142 Å². The Morgan fingerprint density at radius 1 is 0.609 bits per heavy atom. The summed E-state index contributed by atoms with van der Waals surface area (Å²) in [5.74, 6) is 0. The molecule has 0 atom stereocenters. The Morgan fingerprint density at radius 3 is 1.65 bits per heavy atom. The van der Waals surface area contributed by atoms with Gasteiger partial charge in [-0.2, -0.15) is 0 Å². The van der Waals surface area contributed by atoms with Crippen LogP contribution in [-0.4, -0.2) is 6.29 Å². The Kier molecular flexibility index (Phi) is 18.5. The second kappa shape index (κ2) is 20.1. The smallest absolute Gasteiger partial charge is 0.225 e. The largest absolute Gasteiger partial charge is 0.286 e. The summed E-state index contributed by atoms with van der Waals surface area (Å²) in [6.07, 6.45) is 35.3. The lowest BCUT2D eigenvalue weighted by atomic mass is 10.1. The zero-order valence-electron chi connectivity index (χ0n) is 14.5. The van der Waals surface area contributed by atoms with Gasteiger partial charge in [-0.3, -0.25) is 4.79 Å². The summed E-state index contributed by atoms with van der Waals surface area (Å²) in [6.45, 7) is 2.26. The third-order valence-corrected chi connectivity index (χ3v) is 3.27. The summed E-state index contributed by atoms with van der Waals surface area (Å²) >= 11 is 0. The molecule has 0 bridgehead atoms. The van der Waals surface area contributed by atoms with E-state index in [9.17, 15) is 4.79 Å². The number of allylic oxidation sites excluding steroid dienone is 12. The number of hydrogen-bond acceptors (Lipinski definition) is 1. The highest BCUT2D eigenvalue weighted by Gasteiger charge is 1.88. The first-order valence-electron chi connectivity index (χ1n) is 8.77. The van der Waals surface area contributed by atoms with Crippen LogP contribution in [0.5, 0.6) is 0 Å². The molecule has 0 saturated heterocycles. The van der Waals surface area contributed by atoms with E-state index in [0.29, 0.717) is 0 Å². The van der Waals surface area contributed by atoms with Crippen molar-refractivity contribution in [1.29, 1.82) is 0 Å². The van der Waals surface area contributed by atoms with Gasteiger partial charge in [0.2, 0.25) is 6.29 Å². The van der Waals surface area contributed by atoms with Crippen LogP contribution < -0.4 is 0 Å². The predicted octanol–water partition coefficient (Wildman–Crippen LogP) is 6.57. The van der Waals surface area contributed by atoms with Crippen molar-refractivity contribution in [3.63, 3.8) is 0 Å². The molecule has 0 rings (SSSR count). The van der Waals surface area contributed by atoms with E-state index in [1.165, 1.54) is 57.4 Å². The lowest BCUT2D eigenvalue weighted by molar-refractivity contribution is 0.564. The quantitative estimate of drug-likeness (QED) is 0.201. The van der Waals surface area contributed by atoms with Crippen LogP contribution in [0.2, 0.25) is 0 Å². The van der Waals surface area contributed by atoms with Gasteiger partial charge >= 0.3 is 0 Å². The van der Waals surface area contributed by atoms with Crippen molar-refractivity contribution in [2.45, 2.75) is 58.3 Å². The van der Waals surface area contributed by atoms with Crippen molar-refractivity contribution in [1.82, 2.24) is 0 Å². The number of unbranched alkanes of at least 4 members (excludes halogenated alkanes) is 7. The zero-order valence-corrected chi connectivity index (χ0v) is 14.5. The van der Waals surface area contributed by atoms with Gasteiger partial charge in [0.25, 0.3) is 0 Å². The highest BCUT2D eigenvalue weighted by atomic mass is 16.1. The molecular formula is C22H31O. The molecule has 0 fully saturated rings. The maximum Gasteiger partial charge on any atom is 0.225 e. The van der Waals surface area contributed by atoms with Crippen LogP contribution in [0.15, 0.2) is 72.9 Å². The van der Waals surface area contributed by atoms with Gasteiger partial charge in [-0.05, 0) is 18.9 Å². The van der Waals surface area contributed by atoms with Crippen molar-refractivity contribution >= 4 is 6.29 Å². The van der Waals surface area contributed by atoms with Crippen LogP contribution in [0.1, 0.15) is 58.3 Å². The first-order chi connectivity index (χ1) is 11.4. The zero-order chi connectivity index (χ0) is 16.8. The van der Waals surface area contributed by atoms with E-state index < -0.39 is 0 Å². The van der Waals surface area contributed by atoms with Crippen LogP contribution in [0.4, 0.5) is 0 Å². The molecule has 0 spiro atoms. The van der Waals surface area contributed by atoms with Gasteiger partial charge in [0.15, 0.2) is 0 Å². The predicted molar refractivity (Wildman–Crippen MR) is 103 cm³/mol. The molecule has 23 heavy (non-hydrogen) atoms. The lowest BCUT2D eigenvalue weighted by Gasteiger charge is -1.98. The van der Waals surface area contributed by atoms with E-state index in [4.69, 9.17) is 0 Å². The Morgan fingerprint density at radius 2 is 1.09 bits per heavy atom. The lowest BCUT2D eigenvalue weighted by Crippen LogP contribution is -1.78. The summed E-state index contributed by atoms with van der Waals surface area (Å²) in [4.78, 5) is 9.90. The first kappa shape index (κ1) is 21.1. The summed E-state index contributed by atoms with van der Waals surface area (Å²) in [5.41, 5.74) is 0. The maximum absolute atomic E-state index is 9.90. The van der Waals surface area contributed by atoms with Crippen molar-refractivity contribution in [3.05, 3.63) is 72.9 Å². The van der Waals surface area contributed by atoms with E-state index in [0.717, 1.165) is 0 Å². The van der Waals surface area contributed by atoms with Crippen molar-refractivity contribution in [3.8, 4) is 0 Å². The third-order valence-electron chi connectivity index (χ3n) is 3.27. The first-order valence-corrected chi connectivity index (χ1v) is 8.77. The highest BCUT2D eigenvalue weighted by Crippen LogP contribution is 2.08. The van der Waals surface area contributed by atoms with Crippen LogP contribution in [0.3, 0.4) is 0 Å². The van der Waals surface area contributed by atoms with Gasteiger partial charge in [0.1, 0.15) is 0 Å². The van der Waals surface area contributed by atoms with Crippen molar-refractivity contribution < 1.29 is 4.79 Å². The second-order valence-corrected chi connectivity index (χ2v) is 5.35. The molecule has 0 aliphatic heterocycles. The third kappa shape index (κ3) is 20.1. The van der Waals surface area contributed by atoms with Crippen LogP contribution in [-0.2, 0) is 4.79 Å². The fourth-order valence-corrected chi connectivity index (χ4v) is 2.00. The summed E-state index contributed by atoms with van der Waals surface area (Å²) in [7, 11) is 0. The van der Waals surface area contributed by atoms with Crippen molar-refractivity contribution in [2.75, 3.05) is 0 Å². The van der Waals surface area contributed by atoms with Gasteiger partial charge in [-0.15, -0.1) is 0 Å². The molecule has 0 aliphatic carbocycles. The molecule has 0 amide bonds. The van der Waals surface area contributed by atoms with Gasteiger partial charge in [0.05, 0.1) is 0 Å². The Hall–Kier alpha value is -1.89. The SMILES string of the molecule is CCCCCCCCC\C=C/C=C\C=C\C=C/C=C\C=C\[C]=O. The van der Waals surface area contributed by atoms with Crippen LogP contribution in [0, 0.1) is 0 Å². The van der Waals surface area contributed by atoms with Gasteiger partial charge in [-0.1, -0.05) is 112 Å². The Balaban J connectivity index is 3.52. The molecular weight excluding hydrogens is 280 g/mol. The normalized spacial score (nSPS) is 13.1. The van der Waals surface area contributed by atoms with Gasteiger partial charge in [0, 0.05) is 0 Å². The minimum Gasteiger partial charge on any atom is -0.286 e. The molecule has 0 N–H and O–H groups in total. The topological polar surface area (TPSA) is 17.1 Å². The molecule has 1 radical (unpaired) electrons. The standard InChI is InChI=1S/C22H31O/c1-2-3-4-5-6-7-8-9-10-11-12-13-14-15-16-17-18-19-20-21-22-23/h10-21H,2-9H2,1H3/b11-10-,13-12-,15-14+,17-16-,19-18-,21-20+. The van der Waals surface area contributed by atoms with E-state index in [-0.39, 0.29) is 0 Å². The molecule has 0 saturated carbocycles. The van der Waals surface area contributed by atoms with Crippen molar-refractivity contribution in [2.24, 2.45) is 0 Å². The summed E-state index contributed by atoms with van der Waals surface area (Å²) in [6, 6.07) is 0. The minimum absolute atomic E-state index is 1.18. The molecule has 1 heteroatoms. The highest BCUT2D eigenvalue weighted by molar-refractivity contribution is 5.66. The van der Waals surface area contributed by atoms with E-state index >= 15 is 0 Å². The van der Waals surface area contributed by atoms with Gasteiger partial charge < -0.3 is 0 Å². The van der Waals surface area contributed by atoms with Gasteiger partial charge in [-0.25, -0.2) is 0 Å².